The van der Waals surface area contributed by atoms with E-state index in [4.69, 9.17) is 4.74 Å². The molecule has 94 valence electrons. The highest BCUT2D eigenvalue weighted by molar-refractivity contribution is 7.89. The first-order valence-corrected chi connectivity index (χ1v) is 7.85. The third-order valence-corrected chi connectivity index (χ3v) is 5.58. The second-order valence-corrected chi connectivity index (χ2v) is 6.81. The van der Waals surface area contributed by atoms with Crippen LogP contribution in [0, 0.1) is 5.92 Å². The molecule has 0 spiro atoms. The summed E-state index contributed by atoms with van der Waals surface area (Å²) < 4.78 is 31.0. The minimum Gasteiger partial charge on any atom is -0.379 e. The molecule has 0 aromatic rings. The lowest BCUT2D eigenvalue weighted by molar-refractivity contribution is 0.0728. The van der Waals surface area contributed by atoms with Crippen molar-refractivity contribution >= 4 is 10.0 Å². The van der Waals surface area contributed by atoms with Crippen molar-refractivity contribution in [2.75, 3.05) is 32.1 Å². The Labute approximate surface area is 98.0 Å². The third kappa shape index (κ3) is 3.18. The van der Waals surface area contributed by atoms with E-state index in [-0.39, 0.29) is 0 Å². The fraction of sp³-hybridized carbons (Fsp3) is 1.00. The molecule has 1 saturated carbocycles. The predicted molar refractivity (Wildman–Crippen MR) is 62.8 cm³/mol. The molecule has 4 nitrogen and oxygen atoms in total. The van der Waals surface area contributed by atoms with E-state index in [9.17, 15) is 8.42 Å². The Bertz CT molecular complexity index is 303. The molecular weight excluding hydrogens is 226 g/mol. The Morgan fingerprint density at radius 1 is 1.06 bits per heavy atom. The predicted octanol–water partition coefficient (Wildman–Crippen LogP) is 1.23. The van der Waals surface area contributed by atoms with Crippen molar-refractivity contribution in [2.24, 2.45) is 5.92 Å². The van der Waals surface area contributed by atoms with Gasteiger partial charge in [-0.2, -0.15) is 4.31 Å². The fourth-order valence-electron chi connectivity index (χ4n) is 2.58. The minimum atomic E-state index is -3.03. The fourth-order valence-corrected chi connectivity index (χ4v) is 4.43. The molecule has 0 aromatic carbocycles. The zero-order valence-electron chi connectivity index (χ0n) is 9.73. The molecule has 0 bridgehead atoms. The van der Waals surface area contributed by atoms with Gasteiger partial charge in [-0.05, 0) is 18.8 Å². The molecule has 2 fully saturated rings. The van der Waals surface area contributed by atoms with Crippen LogP contribution in [-0.4, -0.2) is 44.8 Å². The number of nitrogens with zero attached hydrogens (tertiary/aromatic N) is 1. The summed E-state index contributed by atoms with van der Waals surface area (Å²) in [6.45, 7) is 2.16. The SMILES string of the molecule is O=S(=O)(CC1CCCCC1)N1CCOCC1. The molecular formula is C11H21NO3S. The Hall–Kier alpha value is -0.130. The zero-order valence-corrected chi connectivity index (χ0v) is 10.5. The van der Waals surface area contributed by atoms with Crippen molar-refractivity contribution in [3.05, 3.63) is 0 Å². The van der Waals surface area contributed by atoms with E-state index >= 15 is 0 Å². The first-order chi connectivity index (χ1) is 7.68. The molecule has 0 radical (unpaired) electrons. The van der Waals surface area contributed by atoms with E-state index < -0.39 is 10.0 Å². The topological polar surface area (TPSA) is 46.6 Å². The number of rotatable bonds is 3. The molecule has 0 unspecified atom stereocenters. The molecule has 2 rings (SSSR count). The van der Waals surface area contributed by atoms with Gasteiger partial charge in [-0.3, -0.25) is 0 Å². The van der Waals surface area contributed by atoms with E-state index in [1.165, 1.54) is 19.3 Å². The van der Waals surface area contributed by atoms with Gasteiger partial charge in [0, 0.05) is 13.1 Å². The highest BCUT2D eigenvalue weighted by atomic mass is 32.2. The van der Waals surface area contributed by atoms with E-state index in [1.54, 1.807) is 4.31 Å². The summed E-state index contributed by atoms with van der Waals surface area (Å²) in [5.74, 6) is 0.745. The first kappa shape index (κ1) is 12.3. The van der Waals surface area contributed by atoms with Crippen LogP contribution >= 0.6 is 0 Å². The van der Waals surface area contributed by atoms with E-state index in [1.807, 2.05) is 0 Å². The van der Waals surface area contributed by atoms with Gasteiger partial charge >= 0.3 is 0 Å². The smallest absolute Gasteiger partial charge is 0.214 e. The minimum absolute atomic E-state index is 0.354. The normalized spacial score (nSPS) is 25.8. The molecule has 0 atom stereocenters. The van der Waals surface area contributed by atoms with Crippen LogP contribution in [0.15, 0.2) is 0 Å². The molecule has 5 heteroatoms. The standard InChI is InChI=1S/C11H21NO3S/c13-16(14,12-6-8-15-9-7-12)10-11-4-2-1-3-5-11/h11H,1-10H2. The van der Waals surface area contributed by atoms with E-state index in [0.717, 1.165) is 12.8 Å². The van der Waals surface area contributed by atoms with Crippen LogP contribution in [0.2, 0.25) is 0 Å². The molecule has 1 aliphatic heterocycles. The summed E-state index contributed by atoms with van der Waals surface area (Å²) in [5, 5.41) is 0. The Balaban J connectivity index is 1.90. The molecule has 2 aliphatic rings. The maximum absolute atomic E-state index is 12.1. The maximum atomic E-state index is 12.1. The van der Waals surface area contributed by atoms with E-state index in [2.05, 4.69) is 0 Å². The Morgan fingerprint density at radius 3 is 2.31 bits per heavy atom. The molecule has 0 aromatic heterocycles. The van der Waals surface area contributed by atoms with Gasteiger partial charge in [0.15, 0.2) is 0 Å². The van der Waals surface area contributed by atoms with Gasteiger partial charge in [0.2, 0.25) is 10.0 Å². The quantitative estimate of drug-likeness (QED) is 0.753. The summed E-state index contributed by atoms with van der Waals surface area (Å²) in [4.78, 5) is 0. The van der Waals surface area contributed by atoms with Crippen molar-refractivity contribution < 1.29 is 13.2 Å². The average molecular weight is 247 g/mol. The number of sulfonamides is 1. The van der Waals surface area contributed by atoms with Crippen molar-refractivity contribution in [1.29, 1.82) is 0 Å². The van der Waals surface area contributed by atoms with Crippen molar-refractivity contribution in [3.8, 4) is 0 Å². The van der Waals surface area contributed by atoms with Crippen LogP contribution in [-0.2, 0) is 14.8 Å². The first-order valence-electron chi connectivity index (χ1n) is 6.24. The average Bonchev–Trinajstić information content (AvgIpc) is 2.31. The van der Waals surface area contributed by atoms with Gasteiger partial charge < -0.3 is 4.74 Å². The molecule has 0 N–H and O–H groups in total. The zero-order chi connectivity index (χ0) is 11.4. The molecule has 0 amide bonds. The molecule has 1 saturated heterocycles. The monoisotopic (exact) mass is 247 g/mol. The number of ether oxygens (including phenoxy) is 1. The van der Waals surface area contributed by atoms with Gasteiger partial charge in [0.05, 0.1) is 19.0 Å². The lowest BCUT2D eigenvalue weighted by Gasteiger charge is -2.29. The highest BCUT2D eigenvalue weighted by Gasteiger charge is 2.28. The summed E-state index contributed by atoms with van der Waals surface area (Å²) >= 11 is 0. The molecule has 1 heterocycles. The van der Waals surface area contributed by atoms with Crippen LogP contribution in [0.5, 0.6) is 0 Å². The van der Waals surface area contributed by atoms with Crippen LogP contribution < -0.4 is 0 Å². The lowest BCUT2D eigenvalue weighted by atomic mass is 9.91. The maximum Gasteiger partial charge on any atom is 0.214 e. The second kappa shape index (κ2) is 5.47. The number of hydrogen-bond acceptors (Lipinski definition) is 3. The summed E-state index contributed by atoms with van der Waals surface area (Å²) in [7, 11) is -3.03. The van der Waals surface area contributed by atoms with Crippen LogP contribution in [0.4, 0.5) is 0 Å². The van der Waals surface area contributed by atoms with Crippen molar-refractivity contribution in [2.45, 2.75) is 32.1 Å². The van der Waals surface area contributed by atoms with Gasteiger partial charge in [-0.25, -0.2) is 8.42 Å². The van der Waals surface area contributed by atoms with Crippen LogP contribution in [0.3, 0.4) is 0 Å². The number of morpholine rings is 1. The lowest BCUT2D eigenvalue weighted by Crippen LogP contribution is -2.43. The van der Waals surface area contributed by atoms with Gasteiger partial charge in [0.25, 0.3) is 0 Å². The third-order valence-electron chi connectivity index (χ3n) is 3.53. The Morgan fingerprint density at radius 2 is 1.69 bits per heavy atom. The van der Waals surface area contributed by atoms with Gasteiger partial charge in [-0.15, -0.1) is 0 Å². The second-order valence-electron chi connectivity index (χ2n) is 4.79. The summed E-state index contributed by atoms with van der Waals surface area (Å²) in [6.07, 6.45) is 5.84. The van der Waals surface area contributed by atoms with Crippen LogP contribution in [0.25, 0.3) is 0 Å². The van der Waals surface area contributed by atoms with Gasteiger partial charge in [-0.1, -0.05) is 19.3 Å². The van der Waals surface area contributed by atoms with Crippen molar-refractivity contribution in [3.63, 3.8) is 0 Å². The molecule has 16 heavy (non-hydrogen) atoms. The van der Waals surface area contributed by atoms with Gasteiger partial charge in [0.1, 0.15) is 0 Å². The summed E-state index contributed by atoms with van der Waals surface area (Å²) in [6, 6.07) is 0. The molecule has 1 aliphatic carbocycles. The van der Waals surface area contributed by atoms with Crippen molar-refractivity contribution in [1.82, 2.24) is 4.31 Å². The Kier molecular flexibility index (Phi) is 4.21. The number of hydrogen-bond donors (Lipinski definition) is 0. The van der Waals surface area contributed by atoms with Crippen LogP contribution in [0.1, 0.15) is 32.1 Å². The van der Waals surface area contributed by atoms with E-state index in [0.29, 0.717) is 38.0 Å². The highest BCUT2D eigenvalue weighted by Crippen LogP contribution is 2.25. The largest absolute Gasteiger partial charge is 0.379 e. The summed E-state index contributed by atoms with van der Waals surface area (Å²) in [5.41, 5.74) is 0.